The van der Waals surface area contributed by atoms with E-state index >= 15 is 0 Å². The van der Waals surface area contributed by atoms with Crippen molar-refractivity contribution in [2.75, 3.05) is 53.6 Å². The maximum atomic E-state index is 5.98. The Morgan fingerprint density at radius 1 is 1.16 bits per heavy atom. The lowest BCUT2D eigenvalue weighted by Gasteiger charge is -2.35. The largest absolute Gasteiger partial charge is 0.493 e. The molecule has 0 atom stereocenters. The van der Waals surface area contributed by atoms with Gasteiger partial charge < -0.3 is 24.4 Å². The number of ether oxygens (including phenoxy) is 3. The summed E-state index contributed by atoms with van der Waals surface area (Å²) in [5, 5.41) is 3.59. The number of likely N-dealkylation sites (tertiary alicyclic amines) is 1. The van der Waals surface area contributed by atoms with Crippen molar-refractivity contribution in [3.63, 3.8) is 0 Å². The summed E-state index contributed by atoms with van der Waals surface area (Å²) in [4.78, 5) is 6.87. The van der Waals surface area contributed by atoms with E-state index in [2.05, 4.69) is 67.2 Å². The van der Waals surface area contributed by atoms with E-state index in [4.69, 9.17) is 14.2 Å². The van der Waals surface area contributed by atoms with Gasteiger partial charge in [-0.2, -0.15) is 0 Å². The molecular formula is C25H44IN3O3. The van der Waals surface area contributed by atoms with Gasteiger partial charge >= 0.3 is 0 Å². The van der Waals surface area contributed by atoms with Crippen LogP contribution in [0.5, 0.6) is 5.75 Å². The van der Waals surface area contributed by atoms with Crippen molar-refractivity contribution in [3.8, 4) is 5.75 Å². The SMILES string of the molecule is CN=C(NCC(C)(C)c1ccc(OCC(C)C)cc1)N1CCC(OCCCOC)CC1.I. The van der Waals surface area contributed by atoms with Gasteiger partial charge in [0.05, 0.1) is 12.7 Å². The Hall–Kier alpha value is -1.06. The molecule has 0 amide bonds. The van der Waals surface area contributed by atoms with Gasteiger partial charge in [0, 0.05) is 52.4 Å². The second-order valence-corrected chi connectivity index (χ2v) is 9.42. The zero-order valence-corrected chi connectivity index (χ0v) is 23.2. The smallest absolute Gasteiger partial charge is 0.193 e. The number of hydrogen-bond donors (Lipinski definition) is 1. The zero-order valence-electron chi connectivity index (χ0n) is 20.9. The molecule has 32 heavy (non-hydrogen) atoms. The van der Waals surface area contributed by atoms with Crippen molar-refractivity contribution in [1.29, 1.82) is 0 Å². The molecule has 0 radical (unpaired) electrons. The summed E-state index contributed by atoms with van der Waals surface area (Å²) in [6.45, 7) is 13.9. The highest BCUT2D eigenvalue weighted by molar-refractivity contribution is 14.0. The summed E-state index contributed by atoms with van der Waals surface area (Å²) in [6.07, 6.45) is 3.38. The van der Waals surface area contributed by atoms with Crippen LogP contribution in [0.3, 0.4) is 0 Å². The molecule has 1 heterocycles. The lowest BCUT2D eigenvalue weighted by molar-refractivity contribution is 0.00987. The summed E-state index contributed by atoms with van der Waals surface area (Å²) in [7, 11) is 3.60. The number of guanidine groups is 1. The topological polar surface area (TPSA) is 55.3 Å². The molecule has 0 unspecified atom stereocenters. The maximum absolute atomic E-state index is 5.98. The van der Waals surface area contributed by atoms with E-state index in [1.54, 1.807) is 7.11 Å². The first-order chi connectivity index (χ1) is 14.9. The maximum Gasteiger partial charge on any atom is 0.193 e. The van der Waals surface area contributed by atoms with E-state index in [0.717, 1.165) is 70.4 Å². The van der Waals surface area contributed by atoms with Gasteiger partial charge in [0.25, 0.3) is 0 Å². The molecule has 1 aliphatic heterocycles. The van der Waals surface area contributed by atoms with Gasteiger partial charge in [-0.25, -0.2) is 0 Å². The molecule has 1 fully saturated rings. The molecule has 2 rings (SSSR count). The molecule has 0 aromatic heterocycles. The molecule has 1 aliphatic rings. The van der Waals surface area contributed by atoms with Crippen LogP contribution < -0.4 is 10.1 Å². The standard InChI is InChI=1S/C25H43N3O3.HI/c1-20(2)18-31-22-10-8-21(9-11-22)25(3,4)19-27-24(26-5)28-14-12-23(13-15-28)30-17-7-16-29-6;/h8-11,20,23H,7,12-19H2,1-6H3,(H,26,27);1H. The number of benzene rings is 1. The minimum atomic E-state index is -0.0186. The summed E-state index contributed by atoms with van der Waals surface area (Å²) >= 11 is 0. The fourth-order valence-corrected chi connectivity index (χ4v) is 3.69. The first-order valence-corrected chi connectivity index (χ1v) is 11.6. The Bertz CT molecular complexity index is 657. The van der Waals surface area contributed by atoms with Gasteiger partial charge in [0.1, 0.15) is 5.75 Å². The number of methoxy groups -OCH3 is 1. The zero-order chi connectivity index (χ0) is 22.7. The summed E-state index contributed by atoms with van der Waals surface area (Å²) in [5.41, 5.74) is 1.27. The molecule has 184 valence electrons. The fraction of sp³-hybridized carbons (Fsp3) is 0.720. The van der Waals surface area contributed by atoms with E-state index in [9.17, 15) is 0 Å². The highest BCUT2D eigenvalue weighted by atomic mass is 127. The van der Waals surface area contributed by atoms with Gasteiger partial charge in [0.2, 0.25) is 0 Å². The minimum Gasteiger partial charge on any atom is -0.493 e. The van der Waals surface area contributed by atoms with Crippen molar-refractivity contribution < 1.29 is 14.2 Å². The Morgan fingerprint density at radius 2 is 1.81 bits per heavy atom. The van der Waals surface area contributed by atoms with Crippen molar-refractivity contribution in [2.45, 2.75) is 58.5 Å². The van der Waals surface area contributed by atoms with Crippen LogP contribution in [0.2, 0.25) is 0 Å². The third kappa shape index (κ3) is 9.83. The monoisotopic (exact) mass is 561 g/mol. The van der Waals surface area contributed by atoms with Gasteiger partial charge in [-0.3, -0.25) is 4.99 Å². The Labute approximate surface area is 212 Å². The molecule has 7 heteroatoms. The normalized spacial score (nSPS) is 15.6. The van der Waals surface area contributed by atoms with Crippen molar-refractivity contribution in [3.05, 3.63) is 29.8 Å². The second kappa shape index (κ2) is 15.0. The van der Waals surface area contributed by atoms with Crippen LogP contribution >= 0.6 is 24.0 Å². The van der Waals surface area contributed by atoms with Gasteiger partial charge in [-0.05, 0) is 42.9 Å². The molecule has 1 aromatic carbocycles. The third-order valence-corrected chi connectivity index (χ3v) is 5.71. The van der Waals surface area contributed by atoms with E-state index < -0.39 is 0 Å². The molecule has 1 saturated heterocycles. The number of hydrogen-bond acceptors (Lipinski definition) is 4. The molecule has 1 aromatic rings. The Kier molecular flexibility index (Phi) is 13.5. The highest BCUT2D eigenvalue weighted by Crippen LogP contribution is 2.25. The third-order valence-electron chi connectivity index (χ3n) is 5.71. The first kappa shape index (κ1) is 29.0. The summed E-state index contributed by atoms with van der Waals surface area (Å²) in [6, 6.07) is 8.50. The van der Waals surface area contributed by atoms with E-state index in [1.165, 1.54) is 5.56 Å². The minimum absolute atomic E-state index is 0. The number of nitrogens with zero attached hydrogens (tertiary/aromatic N) is 2. The molecule has 6 nitrogen and oxygen atoms in total. The van der Waals surface area contributed by atoms with E-state index in [1.807, 2.05) is 7.05 Å². The number of aliphatic imine (C=N–C) groups is 1. The van der Waals surface area contributed by atoms with Crippen molar-refractivity contribution in [1.82, 2.24) is 10.2 Å². The van der Waals surface area contributed by atoms with Crippen LogP contribution in [0.4, 0.5) is 0 Å². The molecule has 1 N–H and O–H groups in total. The summed E-state index contributed by atoms with van der Waals surface area (Å²) < 4.78 is 16.9. The van der Waals surface area contributed by atoms with Crippen LogP contribution in [0.15, 0.2) is 29.3 Å². The highest BCUT2D eigenvalue weighted by Gasteiger charge is 2.25. The fourth-order valence-electron chi connectivity index (χ4n) is 3.69. The van der Waals surface area contributed by atoms with E-state index in [0.29, 0.717) is 12.0 Å². The number of piperidine rings is 1. The van der Waals surface area contributed by atoms with Crippen molar-refractivity contribution >= 4 is 29.9 Å². The molecular weight excluding hydrogens is 517 g/mol. The van der Waals surface area contributed by atoms with Crippen LogP contribution in [0.1, 0.15) is 52.5 Å². The van der Waals surface area contributed by atoms with Crippen LogP contribution in [0.25, 0.3) is 0 Å². The molecule has 0 aliphatic carbocycles. The van der Waals surface area contributed by atoms with Gasteiger partial charge in [0.15, 0.2) is 5.96 Å². The molecule has 0 saturated carbocycles. The lowest BCUT2D eigenvalue weighted by Crippen LogP contribution is -2.49. The number of nitrogens with one attached hydrogen (secondary N) is 1. The Morgan fingerprint density at radius 3 is 2.38 bits per heavy atom. The van der Waals surface area contributed by atoms with E-state index in [-0.39, 0.29) is 29.4 Å². The quantitative estimate of drug-likeness (QED) is 0.184. The lowest BCUT2D eigenvalue weighted by atomic mass is 9.84. The van der Waals surface area contributed by atoms with Crippen LogP contribution in [-0.4, -0.2) is 70.6 Å². The van der Waals surface area contributed by atoms with Gasteiger partial charge in [-0.15, -0.1) is 24.0 Å². The molecule has 0 bridgehead atoms. The number of rotatable bonds is 11. The Balaban J connectivity index is 0.00000512. The second-order valence-electron chi connectivity index (χ2n) is 9.42. The summed E-state index contributed by atoms with van der Waals surface area (Å²) in [5.74, 6) is 2.44. The van der Waals surface area contributed by atoms with Crippen molar-refractivity contribution in [2.24, 2.45) is 10.9 Å². The average Bonchev–Trinajstić information content (AvgIpc) is 2.77. The molecule has 0 spiro atoms. The average molecular weight is 562 g/mol. The van der Waals surface area contributed by atoms with Crippen LogP contribution in [0, 0.1) is 5.92 Å². The predicted molar refractivity (Wildman–Crippen MR) is 144 cm³/mol. The predicted octanol–water partition coefficient (Wildman–Crippen LogP) is 4.71. The van der Waals surface area contributed by atoms with Gasteiger partial charge in [-0.1, -0.05) is 39.8 Å². The van der Waals surface area contributed by atoms with Crippen LogP contribution in [-0.2, 0) is 14.9 Å². The first-order valence-electron chi connectivity index (χ1n) is 11.6. The number of halogens is 1.